The summed E-state index contributed by atoms with van der Waals surface area (Å²) in [5.74, 6) is 0.864. The van der Waals surface area contributed by atoms with Crippen molar-refractivity contribution in [2.45, 2.75) is 25.9 Å². The lowest BCUT2D eigenvalue weighted by Gasteiger charge is -2.31. The summed E-state index contributed by atoms with van der Waals surface area (Å²) in [4.78, 5) is 21.8. The molecule has 3 aromatic rings. The first-order chi connectivity index (χ1) is 18.1. The van der Waals surface area contributed by atoms with Gasteiger partial charge in [-0.25, -0.2) is 27.1 Å². The molecule has 2 aliphatic rings. The van der Waals surface area contributed by atoms with Crippen LogP contribution in [0, 0.1) is 6.92 Å². The number of carbonyl (C=O) groups is 1. The summed E-state index contributed by atoms with van der Waals surface area (Å²) >= 11 is 0. The van der Waals surface area contributed by atoms with E-state index in [1.807, 2.05) is 0 Å². The van der Waals surface area contributed by atoms with Crippen LogP contribution in [0.3, 0.4) is 0 Å². The highest BCUT2D eigenvalue weighted by Gasteiger charge is 2.28. The van der Waals surface area contributed by atoms with Crippen LogP contribution in [0.1, 0.15) is 28.8 Å². The van der Waals surface area contributed by atoms with E-state index < -0.39 is 25.7 Å². The quantitative estimate of drug-likeness (QED) is 0.447. The largest absolute Gasteiger partial charge is 0.471 e. The fraction of sp³-hybridized carbons (Fsp3) is 0.478. The van der Waals surface area contributed by atoms with Gasteiger partial charge in [0.15, 0.2) is 5.82 Å². The second-order valence-electron chi connectivity index (χ2n) is 9.38. The number of anilines is 2. The normalized spacial score (nSPS) is 20.2. The molecule has 1 amide bonds. The van der Waals surface area contributed by atoms with Gasteiger partial charge in [-0.2, -0.15) is 13.8 Å². The molecule has 5 heterocycles. The van der Waals surface area contributed by atoms with Crippen LogP contribution in [-0.2, 0) is 19.8 Å². The summed E-state index contributed by atoms with van der Waals surface area (Å²) in [5.41, 5.74) is 1.99. The first kappa shape index (κ1) is 26.5. The standard InChI is InChI=1S/C23H30N8O5S2/c1-16-18(22(32)29-38(35)11-8-24-9-12-38)14-31-20(16)21(26-15-27-31)28-19-6-3-7-25-23(19)36-17-5-4-10-30(13-17)37(2,33)34/h3,6-7,14-15,17,24H,4-5,8-13H2,1-2H3,(H,26,27,28)/t17-/m1/s1. The van der Waals surface area contributed by atoms with Gasteiger partial charge >= 0.3 is 0 Å². The Morgan fingerprint density at radius 3 is 2.84 bits per heavy atom. The fourth-order valence-corrected chi connectivity index (χ4v) is 7.23. The molecule has 1 atom stereocenters. The lowest BCUT2D eigenvalue weighted by atomic mass is 10.1. The SMILES string of the molecule is Cc1c(C(=O)N=S2(=O)CCNCC2)cn2ncnc(Nc3cccnc3O[C@@H]3CCCN(S(C)(=O)=O)C3)c12. The van der Waals surface area contributed by atoms with Crippen molar-refractivity contribution in [3.05, 3.63) is 42.0 Å². The number of amides is 1. The van der Waals surface area contributed by atoms with Crippen LogP contribution in [0.25, 0.3) is 5.52 Å². The number of aromatic nitrogens is 4. The molecule has 0 unspecified atom stereocenters. The first-order valence-corrected chi connectivity index (χ1v) is 16.0. The van der Waals surface area contributed by atoms with E-state index >= 15 is 0 Å². The monoisotopic (exact) mass is 562 g/mol. The van der Waals surface area contributed by atoms with Crippen molar-refractivity contribution in [3.63, 3.8) is 0 Å². The molecule has 0 aromatic carbocycles. The molecule has 2 aliphatic heterocycles. The van der Waals surface area contributed by atoms with Gasteiger partial charge in [-0.05, 0) is 37.5 Å². The van der Waals surface area contributed by atoms with Crippen molar-refractivity contribution < 1.29 is 22.2 Å². The molecule has 0 bridgehead atoms. The van der Waals surface area contributed by atoms with Crippen molar-refractivity contribution >= 4 is 42.7 Å². The minimum absolute atomic E-state index is 0.249. The number of aryl methyl sites for hydroxylation is 1. The summed E-state index contributed by atoms with van der Waals surface area (Å²) in [6, 6.07) is 3.52. The van der Waals surface area contributed by atoms with E-state index in [9.17, 15) is 17.4 Å². The number of fused-ring (bicyclic) bond motifs is 1. The Bertz CT molecular complexity index is 1580. The molecule has 0 spiro atoms. The third-order valence-corrected chi connectivity index (χ3v) is 10.1. The zero-order valence-corrected chi connectivity index (χ0v) is 22.8. The highest BCUT2D eigenvalue weighted by Crippen LogP contribution is 2.31. The predicted octanol–water partition coefficient (Wildman–Crippen LogP) is 1.19. The van der Waals surface area contributed by atoms with E-state index in [1.165, 1.54) is 21.4 Å². The van der Waals surface area contributed by atoms with Gasteiger partial charge in [-0.1, -0.05) is 0 Å². The molecular weight excluding hydrogens is 532 g/mol. The molecule has 204 valence electrons. The Labute approximate surface area is 221 Å². The van der Waals surface area contributed by atoms with Crippen LogP contribution < -0.4 is 15.4 Å². The summed E-state index contributed by atoms with van der Waals surface area (Å²) in [5, 5.41) is 10.6. The molecule has 3 aromatic heterocycles. The predicted molar refractivity (Wildman–Crippen MR) is 143 cm³/mol. The number of sulfonamides is 1. The Morgan fingerprint density at radius 2 is 2.08 bits per heavy atom. The summed E-state index contributed by atoms with van der Waals surface area (Å²) in [6.07, 6.45) is 6.75. The average molecular weight is 563 g/mol. The first-order valence-electron chi connectivity index (χ1n) is 12.3. The Morgan fingerprint density at radius 1 is 1.29 bits per heavy atom. The Kier molecular flexibility index (Phi) is 7.35. The second kappa shape index (κ2) is 10.6. The lowest BCUT2D eigenvalue weighted by Crippen LogP contribution is -2.43. The maximum atomic E-state index is 13.0. The smallest absolute Gasteiger partial charge is 0.287 e. The number of nitrogens with one attached hydrogen (secondary N) is 2. The Hall–Kier alpha value is -3.14. The van der Waals surface area contributed by atoms with E-state index in [1.54, 1.807) is 31.5 Å². The molecule has 5 rings (SSSR count). The molecule has 13 nitrogen and oxygen atoms in total. The molecule has 2 fully saturated rings. The van der Waals surface area contributed by atoms with Gasteiger partial charge in [0.05, 0.1) is 28.1 Å². The molecule has 0 radical (unpaired) electrons. The van der Waals surface area contributed by atoms with Crippen LogP contribution in [0.2, 0.25) is 0 Å². The fourth-order valence-electron chi connectivity index (χ4n) is 4.62. The van der Waals surface area contributed by atoms with Gasteiger partial charge in [-0.3, -0.25) is 4.79 Å². The number of hydrogen-bond donors (Lipinski definition) is 2. The van der Waals surface area contributed by atoms with Gasteiger partial charge in [0, 0.05) is 43.5 Å². The number of rotatable bonds is 6. The zero-order chi connectivity index (χ0) is 26.9. The molecule has 2 saturated heterocycles. The zero-order valence-electron chi connectivity index (χ0n) is 21.2. The van der Waals surface area contributed by atoms with E-state index in [2.05, 4.69) is 30.1 Å². The van der Waals surface area contributed by atoms with Gasteiger partial charge < -0.3 is 15.4 Å². The third kappa shape index (κ3) is 5.65. The molecule has 38 heavy (non-hydrogen) atoms. The van der Waals surface area contributed by atoms with E-state index in [0.29, 0.717) is 78.0 Å². The van der Waals surface area contributed by atoms with Gasteiger partial charge in [0.2, 0.25) is 15.9 Å². The van der Waals surface area contributed by atoms with Gasteiger partial charge in [0.25, 0.3) is 5.91 Å². The van der Waals surface area contributed by atoms with E-state index in [4.69, 9.17) is 4.74 Å². The van der Waals surface area contributed by atoms with Crippen LogP contribution in [0.15, 0.2) is 35.2 Å². The van der Waals surface area contributed by atoms with Gasteiger partial charge in [-0.15, -0.1) is 0 Å². The maximum absolute atomic E-state index is 13.0. The van der Waals surface area contributed by atoms with Crippen molar-refractivity contribution in [2.75, 3.05) is 49.3 Å². The van der Waals surface area contributed by atoms with Crippen LogP contribution in [0.5, 0.6) is 5.88 Å². The lowest BCUT2D eigenvalue weighted by molar-refractivity contribution is 0.100. The van der Waals surface area contributed by atoms with Crippen LogP contribution in [0.4, 0.5) is 11.5 Å². The maximum Gasteiger partial charge on any atom is 0.287 e. The molecule has 0 aliphatic carbocycles. The van der Waals surface area contributed by atoms with Crippen molar-refractivity contribution in [1.29, 1.82) is 0 Å². The third-order valence-electron chi connectivity index (χ3n) is 6.61. The molecule has 15 heteroatoms. The highest BCUT2D eigenvalue weighted by atomic mass is 32.2. The van der Waals surface area contributed by atoms with Crippen LogP contribution >= 0.6 is 0 Å². The number of carbonyl (C=O) groups excluding carboxylic acids is 1. The average Bonchev–Trinajstić information content (AvgIpc) is 3.22. The summed E-state index contributed by atoms with van der Waals surface area (Å²) in [6.45, 7) is 3.61. The van der Waals surface area contributed by atoms with Gasteiger partial charge in [0.1, 0.15) is 23.6 Å². The summed E-state index contributed by atoms with van der Waals surface area (Å²) < 4.78 is 50.2. The number of pyridine rings is 1. The topological polar surface area (TPSA) is 160 Å². The van der Waals surface area contributed by atoms with Crippen molar-refractivity contribution in [1.82, 2.24) is 29.2 Å². The minimum atomic E-state index is -3.32. The van der Waals surface area contributed by atoms with E-state index in [-0.39, 0.29) is 12.6 Å². The highest BCUT2D eigenvalue weighted by molar-refractivity contribution is 7.94. The van der Waals surface area contributed by atoms with Crippen molar-refractivity contribution in [2.24, 2.45) is 4.36 Å². The van der Waals surface area contributed by atoms with Crippen molar-refractivity contribution in [3.8, 4) is 5.88 Å². The minimum Gasteiger partial charge on any atom is -0.471 e. The number of nitrogens with zero attached hydrogens (tertiary/aromatic N) is 6. The Balaban J connectivity index is 1.42. The number of hydrogen-bond acceptors (Lipinski definition) is 10. The molecular formula is C23H30N8O5S2. The van der Waals surface area contributed by atoms with Crippen LogP contribution in [-0.4, -0.2) is 92.5 Å². The number of ether oxygens (including phenoxy) is 1. The number of piperidine rings is 1. The van der Waals surface area contributed by atoms with E-state index in [0.717, 1.165) is 0 Å². The molecule has 0 saturated carbocycles. The molecule has 2 N–H and O–H groups in total. The summed E-state index contributed by atoms with van der Waals surface area (Å²) in [7, 11) is -5.91. The second-order valence-corrected chi connectivity index (χ2v) is 13.9.